The van der Waals surface area contributed by atoms with Gasteiger partial charge in [-0.15, -0.1) is 0 Å². The molecule has 0 bridgehead atoms. The summed E-state index contributed by atoms with van der Waals surface area (Å²) in [5.74, 6) is -0.347. The molecule has 4 heteroatoms. The van der Waals surface area contributed by atoms with E-state index < -0.39 is 6.10 Å². The Morgan fingerprint density at radius 3 is 2.95 bits per heavy atom. The highest BCUT2D eigenvalue weighted by Gasteiger charge is 2.27. The molecule has 0 aromatic heterocycles. The standard InChI is InChI=1S/C15H22FNO2/c1-11(19)15-13(16)7-2-8-14(15)17-9-3-5-12(17)6-4-10-18/h2,7-8,11-12,18-19H,3-6,9-10H2,1H3. The third kappa shape index (κ3) is 3.07. The third-order valence-corrected chi connectivity index (χ3v) is 3.83. The highest BCUT2D eigenvalue weighted by molar-refractivity contribution is 5.56. The number of hydrogen-bond donors (Lipinski definition) is 2. The van der Waals surface area contributed by atoms with Gasteiger partial charge in [-0.25, -0.2) is 4.39 Å². The summed E-state index contributed by atoms with van der Waals surface area (Å²) in [7, 11) is 0. The first-order valence-electron chi connectivity index (χ1n) is 6.99. The topological polar surface area (TPSA) is 43.7 Å². The van der Waals surface area contributed by atoms with Gasteiger partial charge in [-0.1, -0.05) is 6.07 Å². The summed E-state index contributed by atoms with van der Waals surface area (Å²) < 4.78 is 13.9. The van der Waals surface area contributed by atoms with Gasteiger partial charge in [-0.05, 0) is 44.7 Å². The van der Waals surface area contributed by atoms with Crippen LogP contribution in [0.5, 0.6) is 0 Å². The van der Waals surface area contributed by atoms with Gasteiger partial charge in [0, 0.05) is 30.4 Å². The first-order valence-corrected chi connectivity index (χ1v) is 6.99. The Balaban J connectivity index is 2.27. The van der Waals surface area contributed by atoms with Crippen LogP contribution in [0.1, 0.15) is 44.3 Å². The van der Waals surface area contributed by atoms with Gasteiger partial charge in [0.05, 0.1) is 6.10 Å². The fraction of sp³-hybridized carbons (Fsp3) is 0.600. The van der Waals surface area contributed by atoms with E-state index in [4.69, 9.17) is 5.11 Å². The molecule has 0 saturated carbocycles. The SMILES string of the molecule is CC(O)c1c(F)cccc1N1CCCC1CCCO. The first-order chi connectivity index (χ1) is 9.15. The highest BCUT2D eigenvalue weighted by Crippen LogP contribution is 2.34. The van der Waals surface area contributed by atoms with Gasteiger partial charge in [0.2, 0.25) is 0 Å². The van der Waals surface area contributed by atoms with E-state index in [-0.39, 0.29) is 12.4 Å². The van der Waals surface area contributed by atoms with E-state index >= 15 is 0 Å². The number of nitrogens with zero attached hydrogens (tertiary/aromatic N) is 1. The Labute approximate surface area is 113 Å². The number of halogens is 1. The van der Waals surface area contributed by atoms with Crippen LogP contribution < -0.4 is 4.90 Å². The smallest absolute Gasteiger partial charge is 0.131 e. The molecule has 0 radical (unpaired) electrons. The highest BCUT2D eigenvalue weighted by atomic mass is 19.1. The second kappa shape index (κ2) is 6.35. The van der Waals surface area contributed by atoms with Crippen LogP contribution >= 0.6 is 0 Å². The van der Waals surface area contributed by atoms with Crippen LogP contribution in [0.15, 0.2) is 18.2 Å². The maximum absolute atomic E-state index is 13.9. The minimum atomic E-state index is -0.810. The van der Waals surface area contributed by atoms with Crippen molar-refractivity contribution in [2.75, 3.05) is 18.1 Å². The van der Waals surface area contributed by atoms with E-state index in [2.05, 4.69) is 4.90 Å². The van der Waals surface area contributed by atoms with E-state index in [1.165, 1.54) is 6.07 Å². The van der Waals surface area contributed by atoms with Gasteiger partial charge in [-0.2, -0.15) is 0 Å². The zero-order valence-corrected chi connectivity index (χ0v) is 11.3. The van der Waals surface area contributed by atoms with Crippen molar-refractivity contribution in [3.05, 3.63) is 29.6 Å². The second-order valence-electron chi connectivity index (χ2n) is 5.20. The molecule has 1 aromatic rings. The number of rotatable bonds is 5. The van der Waals surface area contributed by atoms with Crippen LogP contribution in [0.2, 0.25) is 0 Å². The van der Waals surface area contributed by atoms with E-state index in [1.807, 2.05) is 6.07 Å². The summed E-state index contributed by atoms with van der Waals surface area (Å²) in [5, 5.41) is 18.8. The van der Waals surface area contributed by atoms with Gasteiger partial charge < -0.3 is 15.1 Å². The van der Waals surface area contributed by atoms with Gasteiger partial charge in [0.1, 0.15) is 5.82 Å². The lowest BCUT2D eigenvalue weighted by Crippen LogP contribution is -2.30. The molecular weight excluding hydrogens is 245 g/mol. The zero-order chi connectivity index (χ0) is 13.8. The van der Waals surface area contributed by atoms with Crippen LogP contribution in [0.4, 0.5) is 10.1 Å². The summed E-state index contributed by atoms with van der Waals surface area (Å²) in [6, 6.07) is 5.30. The largest absolute Gasteiger partial charge is 0.396 e. The van der Waals surface area contributed by atoms with Crippen molar-refractivity contribution in [1.29, 1.82) is 0 Å². The number of benzene rings is 1. The summed E-state index contributed by atoms with van der Waals surface area (Å²) in [4.78, 5) is 2.18. The average molecular weight is 267 g/mol. The molecule has 106 valence electrons. The third-order valence-electron chi connectivity index (χ3n) is 3.83. The lowest BCUT2D eigenvalue weighted by atomic mass is 10.0. The molecule has 1 fully saturated rings. The zero-order valence-electron chi connectivity index (χ0n) is 11.3. The van der Waals surface area contributed by atoms with E-state index in [1.54, 1.807) is 13.0 Å². The number of aliphatic hydroxyl groups is 2. The van der Waals surface area contributed by atoms with Gasteiger partial charge in [0.25, 0.3) is 0 Å². The molecule has 1 saturated heterocycles. The number of anilines is 1. The average Bonchev–Trinajstić information content (AvgIpc) is 2.83. The number of aliphatic hydroxyl groups excluding tert-OH is 2. The van der Waals surface area contributed by atoms with Crippen LogP contribution in [0, 0.1) is 5.82 Å². The predicted molar refractivity (Wildman–Crippen MR) is 73.7 cm³/mol. The van der Waals surface area contributed by atoms with Crippen molar-refractivity contribution in [2.45, 2.75) is 44.8 Å². The Bertz CT molecular complexity index is 423. The Hall–Kier alpha value is -1.13. The fourth-order valence-corrected chi connectivity index (χ4v) is 2.97. The molecule has 1 heterocycles. The molecule has 2 N–H and O–H groups in total. The van der Waals surface area contributed by atoms with Crippen LogP contribution in [0.25, 0.3) is 0 Å². The van der Waals surface area contributed by atoms with Crippen LogP contribution in [-0.2, 0) is 0 Å². The molecule has 2 unspecified atom stereocenters. The summed E-state index contributed by atoms with van der Waals surface area (Å²) in [5.41, 5.74) is 1.19. The Morgan fingerprint density at radius 2 is 2.26 bits per heavy atom. The molecule has 1 aliphatic heterocycles. The molecule has 1 aromatic carbocycles. The van der Waals surface area contributed by atoms with Crippen LogP contribution in [-0.4, -0.2) is 29.4 Å². The van der Waals surface area contributed by atoms with Crippen molar-refractivity contribution in [3.8, 4) is 0 Å². The summed E-state index contributed by atoms with van der Waals surface area (Å²) in [6.45, 7) is 2.68. The van der Waals surface area contributed by atoms with Crippen molar-refractivity contribution in [1.82, 2.24) is 0 Å². The first kappa shape index (κ1) is 14.3. The second-order valence-corrected chi connectivity index (χ2v) is 5.20. The molecular formula is C15H22FNO2. The molecule has 0 amide bonds. The van der Waals surface area contributed by atoms with Crippen molar-refractivity contribution in [3.63, 3.8) is 0 Å². The maximum Gasteiger partial charge on any atom is 0.131 e. The molecule has 2 atom stereocenters. The van der Waals surface area contributed by atoms with E-state index in [0.717, 1.165) is 37.9 Å². The summed E-state index contributed by atoms with van der Waals surface area (Å²) in [6.07, 6.45) is 3.00. The predicted octanol–water partition coefficient (Wildman–Crippen LogP) is 2.62. The minimum absolute atomic E-state index is 0.191. The monoisotopic (exact) mass is 267 g/mol. The number of hydrogen-bond acceptors (Lipinski definition) is 3. The van der Waals surface area contributed by atoms with Crippen molar-refractivity contribution >= 4 is 5.69 Å². The molecule has 0 aliphatic carbocycles. The Kier molecular flexibility index (Phi) is 4.77. The maximum atomic E-state index is 13.9. The minimum Gasteiger partial charge on any atom is -0.396 e. The molecule has 3 nitrogen and oxygen atoms in total. The fourth-order valence-electron chi connectivity index (χ4n) is 2.97. The normalized spacial score (nSPS) is 20.8. The molecule has 2 rings (SSSR count). The van der Waals surface area contributed by atoms with E-state index in [9.17, 15) is 9.50 Å². The van der Waals surface area contributed by atoms with Gasteiger partial charge in [0.15, 0.2) is 0 Å². The van der Waals surface area contributed by atoms with Gasteiger partial charge in [-0.3, -0.25) is 0 Å². The lowest BCUT2D eigenvalue weighted by molar-refractivity contribution is 0.194. The quantitative estimate of drug-likeness (QED) is 0.862. The van der Waals surface area contributed by atoms with Crippen LogP contribution in [0.3, 0.4) is 0 Å². The molecule has 1 aliphatic rings. The lowest BCUT2D eigenvalue weighted by Gasteiger charge is -2.29. The van der Waals surface area contributed by atoms with E-state index in [0.29, 0.717) is 11.6 Å². The Morgan fingerprint density at radius 1 is 1.47 bits per heavy atom. The van der Waals surface area contributed by atoms with Crippen molar-refractivity contribution in [2.24, 2.45) is 0 Å². The summed E-state index contributed by atoms with van der Waals surface area (Å²) >= 11 is 0. The molecule has 0 spiro atoms. The molecule has 19 heavy (non-hydrogen) atoms. The van der Waals surface area contributed by atoms with Crippen molar-refractivity contribution < 1.29 is 14.6 Å². The van der Waals surface area contributed by atoms with Gasteiger partial charge >= 0.3 is 0 Å².